The fourth-order valence-electron chi connectivity index (χ4n) is 1.76. The van der Waals surface area contributed by atoms with Crippen molar-refractivity contribution in [2.45, 2.75) is 24.8 Å². The SMILES string of the molecule is NC1(CCc2ccncc2)CCOC1. The molecule has 2 N–H and O–H groups in total. The lowest BCUT2D eigenvalue weighted by atomic mass is 9.92. The molecule has 3 heteroatoms. The van der Waals surface area contributed by atoms with E-state index < -0.39 is 0 Å². The highest BCUT2D eigenvalue weighted by molar-refractivity contribution is 5.10. The predicted molar refractivity (Wildman–Crippen MR) is 54.9 cm³/mol. The van der Waals surface area contributed by atoms with Gasteiger partial charge in [0.2, 0.25) is 0 Å². The summed E-state index contributed by atoms with van der Waals surface area (Å²) in [6.45, 7) is 1.52. The lowest BCUT2D eigenvalue weighted by molar-refractivity contribution is 0.176. The molecule has 76 valence electrons. The third-order valence-corrected chi connectivity index (χ3v) is 2.79. The summed E-state index contributed by atoms with van der Waals surface area (Å²) in [5.74, 6) is 0. The Kier molecular flexibility index (Phi) is 2.79. The van der Waals surface area contributed by atoms with Crippen LogP contribution in [0.15, 0.2) is 24.5 Å². The number of nitrogens with two attached hydrogens (primary N) is 1. The number of nitrogens with zero attached hydrogens (tertiary/aromatic N) is 1. The zero-order valence-electron chi connectivity index (χ0n) is 8.28. The molecule has 1 aliphatic rings. The van der Waals surface area contributed by atoms with Crippen molar-refractivity contribution in [1.82, 2.24) is 4.98 Å². The number of hydrogen-bond donors (Lipinski definition) is 1. The van der Waals surface area contributed by atoms with Gasteiger partial charge in [0.1, 0.15) is 0 Å². The molecule has 0 saturated carbocycles. The van der Waals surface area contributed by atoms with Gasteiger partial charge in [-0.15, -0.1) is 0 Å². The number of pyridine rings is 1. The summed E-state index contributed by atoms with van der Waals surface area (Å²) < 4.78 is 5.31. The van der Waals surface area contributed by atoms with Gasteiger partial charge in [-0.05, 0) is 37.0 Å². The van der Waals surface area contributed by atoms with Crippen molar-refractivity contribution in [2.75, 3.05) is 13.2 Å². The zero-order chi connectivity index (χ0) is 9.86. The van der Waals surface area contributed by atoms with Crippen LogP contribution in [0.2, 0.25) is 0 Å². The molecule has 1 atom stereocenters. The summed E-state index contributed by atoms with van der Waals surface area (Å²) in [7, 11) is 0. The molecule has 1 fully saturated rings. The molecule has 14 heavy (non-hydrogen) atoms. The normalized spacial score (nSPS) is 26.6. The van der Waals surface area contributed by atoms with E-state index in [9.17, 15) is 0 Å². The molecule has 1 aromatic rings. The van der Waals surface area contributed by atoms with Crippen LogP contribution in [0, 0.1) is 0 Å². The van der Waals surface area contributed by atoms with Crippen molar-refractivity contribution in [3.8, 4) is 0 Å². The van der Waals surface area contributed by atoms with Gasteiger partial charge >= 0.3 is 0 Å². The summed E-state index contributed by atoms with van der Waals surface area (Å²) in [6.07, 6.45) is 6.64. The van der Waals surface area contributed by atoms with Gasteiger partial charge in [-0.3, -0.25) is 4.98 Å². The highest BCUT2D eigenvalue weighted by atomic mass is 16.5. The Morgan fingerprint density at radius 3 is 2.86 bits per heavy atom. The topological polar surface area (TPSA) is 48.1 Å². The first-order chi connectivity index (χ1) is 6.79. The molecule has 0 aromatic carbocycles. The van der Waals surface area contributed by atoms with Gasteiger partial charge in [0, 0.05) is 24.5 Å². The summed E-state index contributed by atoms with van der Waals surface area (Å²) >= 11 is 0. The maximum atomic E-state index is 6.17. The smallest absolute Gasteiger partial charge is 0.0647 e. The molecule has 1 aromatic heterocycles. The fraction of sp³-hybridized carbons (Fsp3) is 0.545. The summed E-state index contributed by atoms with van der Waals surface area (Å²) in [6, 6.07) is 4.08. The standard InChI is InChI=1S/C11H16N2O/c12-11(5-8-14-9-11)4-1-10-2-6-13-7-3-10/h2-3,6-7H,1,4-5,8-9,12H2. The van der Waals surface area contributed by atoms with Gasteiger partial charge in [-0.25, -0.2) is 0 Å². The quantitative estimate of drug-likeness (QED) is 0.781. The molecular formula is C11H16N2O. The van der Waals surface area contributed by atoms with Crippen molar-refractivity contribution in [1.29, 1.82) is 0 Å². The molecule has 0 bridgehead atoms. The van der Waals surface area contributed by atoms with Crippen LogP contribution in [-0.2, 0) is 11.2 Å². The van der Waals surface area contributed by atoms with E-state index in [0.717, 1.165) is 25.9 Å². The molecule has 3 nitrogen and oxygen atoms in total. The Balaban J connectivity index is 1.88. The fourth-order valence-corrected chi connectivity index (χ4v) is 1.76. The van der Waals surface area contributed by atoms with Crippen molar-refractivity contribution < 1.29 is 4.74 Å². The number of rotatable bonds is 3. The second kappa shape index (κ2) is 4.07. The number of ether oxygens (including phenoxy) is 1. The van der Waals surface area contributed by atoms with Crippen LogP contribution in [0.5, 0.6) is 0 Å². The van der Waals surface area contributed by atoms with E-state index in [1.54, 1.807) is 0 Å². The molecule has 0 aliphatic carbocycles. The molecular weight excluding hydrogens is 176 g/mol. The first kappa shape index (κ1) is 9.62. The van der Waals surface area contributed by atoms with Crippen molar-refractivity contribution in [3.63, 3.8) is 0 Å². The zero-order valence-corrected chi connectivity index (χ0v) is 8.28. The lowest BCUT2D eigenvalue weighted by Crippen LogP contribution is -2.40. The molecule has 0 spiro atoms. The average molecular weight is 192 g/mol. The summed E-state index contributed by atoms with van der Waals surface area (Å²) in [5.41, 5.74) is 7.37. The van der Waals surface area contributed by atoms with Gasteiger partial charge in [0.15, 0.2) is 0 Å². The second-order valence-electron chi connectivity index (χ2n) is 4.02. The van der Waals surface area contributed by atoms with Crippen LogP contribution in [-0.4, -0.2) is 23.7 Å². The molecule has 1 saturated heterocycles. The number of aryl methyl sites for hydroxylation is 1. The van der Waals surface area contributed by atoms with Crippen LogP contribution >= 0.6 is 0 Å². The van der Waals surface area contributed by atoms with Crippen LogP contribution in [0.25, 0.3) is 0 Å². The van der Waals surface area contributed by atoms with Crippen LogP contribution < -0.4 is 5.73 Å². The van der Waals surface area contributed by atoms with E-state index in [4.69, 9.17) is 10.5 Å². The van der Waals surface area contributed by atoms with Crippen LogP contribution in [0.3, 0.4) is 0 Å². The van der Waals surface area contributed by atoms with E-state index in [1.165, 1.54) is 5.56 Å². The van der Waals surface area contributed by atoms with E-state index in [-0.39, 0.29) is 5.54 Å². The Morgan fingerprint density at radius 1 is 1.43 bits per heavy atom. The maximum absolute atomic E-state index is 6.17. The largest absolute Gasteiger partial charge is 0.379 e. The Bertz CT molecular complexity index is 281. The maximum Gasteiger partial charge on any atom is 0.0647 e. The summed E-state index contributed by atoms with van der Waals surface area (Å²) in [5, 5.41) is 0. The van der Waals surface area contributed by atoms with Crippen molar-refractivity contribution in [2.24, 2.45) is 5.73 Å². The van der Waals surface area contributed by atoms with Gasteiger partial charge in [-0.1, -0.05) is 0 Å². The Morgan fingerprint density at radius 2 is 2.21 bits per heavy atom. The van der Waals surface area contributed by atoms with Gasteiger partial charge in [-0.2, -0.15) is 0 Å². The van der Waals surface area contributed by atoms with Gasteiger partial charge in [0.25, 0.3) is 0 Å². The van der Waals surface area contributed by atoms with Gasteiger partial charge < -0.3 is 10.5 Å². The average Bonchev–Trinajstić information content (AvgIpc) is 2.65. The molecule has 0 radical (unpaired) electrons. The van der Waals surface area contributed by atoms with Crippen molar-refractivity contribution in [3.05, 3.63) is 30.1 Å². The number of aromatic nitrogens is 1. The second-order valence-corrected chi connectivity index (χ2v) is 4.02. The minimum atomic E-state index is -0.0940. The third-order valence-electron chi connectivity index (χ3n) is 2.79. The van der Waals surface area contributed by atoms with E-state index in [0.29, 0.717) is 6.61 Å². The predicted octanol–water partition coefficient (Wildman–Crippen LogP) is 1.13. The highest BCUT2D eigenvalue weighted by Crippen LogP contribution is 2.21. The number of hydrogen-bond acceptors (Lipinski definition) is 3. The minimum absolute atomic E-state index is 0.0940. The monoisotopic (exact) mass is 192 g/mol. The minimum Gasteiger partial charge on any atom is -0.379 e. The first-order valence-corrected chi connectivity index (χ1v) is 5.04. The molecule has 2 rings (SSSR count). The lowest BCUT2D eigenvalue weighted by Gasteiger charge is -2.21. The third kappa shape index (κ3) is 2.30. The molecule has 0 amide bonds. The Hall–Kier alpha value is -0.930. The van der Waals surface area contributed by atoms with E-state index in [1.807, 2.05) is 24.5 Å². The molecule has 1 aliphatic heterocycles. The van der Waals surface area contributed by atoms with E-state index in [2.05, 4.69) is 4.98 Å². The van der Waals surface area contributed by atoms with Gasteiger partial charge in [0.05, 0.1) is 6.61 Å². The van der Waals surface area contributed by atoms with E-state index >= 15 is 0 Å². The molecule has 1 unspecified atom stereocenters. The van der Waals surface area contributed by atoms with Crippen molar-refractivity contribution >= 4 is 0 Å². The van der Waals surface area contributed by atoms with Crippen LogP contribution in [0.4, 0.5) is 0 Å². The Labute approximate surface area is 84.3 Å². The molecule has 2 heterocycles. The highest BCUT2D eigenvalue weighted by Gasteiger charge is 2.29. The summed E-state index contributed by atoms with van der Waals surface area (Å²) in [4.78, 5) is 3.99. The van der Waals surface area contributed by atoms with Crippen LogP contribution in [0.1, 0.15) is 18.4 Å². The first-order valence-electron chi connectivity index (χ1n) is 5.04.